The van der Waals surface area contributed by atoms with Crippen LogP contribution in [-0.4, -0.2) is 45.9 Å². The Morgan fingerprint density at radius 2 is 2.00 bits per heavy atom. The molecule has 3 rings (SSSR count). The van der Waals surface area contributed by atoms with Gasteiger partial charge in [0.15, 0.2) is 0 Å². The number of amides is 3. The van der Waals surface area contributed by atoms with Gasteiger partial charge >= 0.3 is 6.03 Å². The SMILES string of the molecule is CC(C)N(Cc1nc(C(=O)N2CCCC2)cs1)C(=O)Nc1ccccc1F. The van der Waals surface area contributed by atoms with Gasteiger partial charge in [-0.2, -0.15) is 0 Å². The fourth-order valence-corrected chi connectivity index (χ4v) is 3.71. The smallest absolute Gasteiger partial charge is 0.322 e. The molecular formula is C19H23FN4O2S. The second kappa shape index (κ2) is 8.47. The maximum Gasteiger partial charge on any atom is 0.322 e. The first-order chi connectivity index (χ1) is 13.0. The molecule has 0 bridgehead atoms. The lowest BCUT2D eigenvalue weighted by atomic mass is 10.3. The number of aromatic nitrogens is 1. The molecule has 1 aliphatic rings. The average Bonchev–Trinajstić information content (AvgIpc) is 3.32. The molecule has 0 unspecified atom stereocenters. The van der Waals surface area contributed by atoms with Crippen molar-refractivity contribution < 1.29 is 14.0 Å². The quantitative estimate of drug-likeness (QED) is 0.840. The maximum atomic E-state index is 13.8. The highest BCUT2D eigenvalue weighted by molar-refractivity contribution is 7.09. The van der Waals surface area contributed by atoms with E-state index in [-0.39, 0.29) is 24.2 Å². The summed E-state index contributed by atoms with van der Waals surface area (Å²) in [6.07, 6.45) is 2.06. The molecule has 0 spiro atoms. The van der Waals surface area contributed by atoms with Crippen LogP contribution in [-0.2, 0) is 6.54 Å². The molecule has 0 aliphatic carbocycles. The number of benzene rings is 1. The Morgan fingerprint density at radius 1 is 1.30 bits per heavy atom. The third-order valence-electron chi connectivity index (χ3n) is 4.47. The Bertz CT molecular complexity index is 818. The van der Waals surface area contributed by atoms with Gasteiger partial charge in [0.1, 0.15) is 16.5 Å². The number of carbonyl (C=O) groups excluding carboxylic acids is 2. The van der Waals surface area contributed by atoms with Crippen molar-refractivity contribution in [3.63, 3.8) is 0 Å². The van der Waals surface area contributed by atoms with Gasteiger partial charge in [-0.05, 0) is 38.8 Å². The van der Waals surface area contributed by atoms with Crippen LogP contribution in [0.25, 0.3) is 0 Å². The Balaban J connectivity index is 1.68. The summed E-state index contributed by atoms with van der Waals surface area (Å²) < 4.78 is 13.8. The Hall–Kier alpha value is -2.48. The predicted molar refractivity (Wildman–Crippen MR) is 103 cm³/mol. The molecular weight excluding hydrogens is 367 g/mol. The summed E-state index contributed by atoms with van der Waals surface area (Å²) in [7, 11) is 0. The summed E-state index contributed by atoms with van der Waals surface area (Å²) in [5.41, 5.74) is 0.562. The number of hydrogen-bond acceptors (Lipinski definition) is 4. The monoisotopic (exact) mass is 390 g/mol. The number of thiazole rings is 1. The Kier molecular flexibility index (Phi) is 6.05. The van der Waals surface area contributed by atoms with Crippen molar-refractivity contribution in [2.24, 2.45) is 0 Å². The van der Waals surface area contributed by atoms with Crippen LogP contribution in [0.1, 0.15) is 42.2 Å². The molecule has 1 fully saturated rings. The minimum absolute atomic E-state index is 0.0538. The molecule has 1 aromatic carbocycles. The van der Waals surface area contributed by atoms with Gasteiger partial charge in [0.05, 0.1) is 12.2 Å². The van der Waals surface area contributed by atoms with Crippen molar-refractivity contribution in [2.45, 2.75) is 39.3 Å². The summed E-state index contributed by atoms with van der Waals surface area (Å²) in [5, 5.41) is 5.02. The summed E-state index contributed by atoms with van der Waals surface area (Å²) >= 11 is 1.35. The zero-order valence-electron chi connectivity index (χ0n) is 15.4. The van der Waals surface area contributed by atoms with E-state index in [1.165, 1.54) is 23.5 Å². The molecule has 2 aromatic rings. The number of halogens is 1. The minimum atomic E-state index is -0.484. The van der Waals surface area contributed by atoms with Gasteiger partial charge in [-0.15, -0.1) is 11.3 Å². The second-order valence-corrected chi connectivity index (χ2v) is 7.70. The van der Waals surface area contributed by atoms with E-state index in [0.29, 0.717) is 10.7 Å². The van der Waals surface area contributed by atoms with Crippen LogP contribution < -0.4 is 5.32 Å². The normalized spacial score (nSPS) is 13.9. The molecule has 0 saturated carbocycles. The van der Waals surface area contributed by atoms with E-state index in [1.54, 1.807) is 22.4 Å². The molecule has 2 heterocycles. The number of anilines is 1. The molecule has 144 valence electrons. The number of hydrogen-bond donors (Lipinski definition) is 1. The molecule has 27 heavy (non-hydrogen) atoms. The lowest BCUT2D eigenvalue weighted by molar-refractivity contribution is 0.0787. The fourth-order valence-electron chi connectivity index (χ4n) is 2.95. The van der Waals surface area contributed by atoms with E-state index in [0.717, 1.165) is 25.9 Å². The van der Waals surface area contributed by atoms with Gasteiger partial charge in [-0.1, -0.05) is 12.1 Å². The van der Waals surface area contributed by atoms with Crippen LogP contribution in [0.4, 0.5) is 14.9 Å². The van der Waals surface area contributed by atoms with Crippen LogP contribution >= 0.6 is 11.3 Å². The lowest BCUT2D eigenvalue weighted by Crippen LogP contribution is -2.39. The fraction of sp³-hybridized carbons (Fsp3) is 0.421. The van der Waals surface area contributed by atoms with E-state index < -0.39 is 11.8 Å². The van der Waals surface area contributed by atoms with E-state index in [1.807, 2.05) is 18.7 Å². The van der Waals surface area contributed by atoms with Gasteiger partial charge in [0, 0.05) is 24.5 Å². The van der Waals surface area contributed by atoms with E-state index in [4.69, 9.17) is 0 Å². The highest BCUT2D eigenvalue weighted by Crippen LogP contribution is 2.19. The number of para-hydroxylation sites is 1. The molecule has 1 N–H and O–H groups in total. The average molecular weight is 390 g/mol. The van der Waals surface area contributed by atoms with Crippen LogP contribution in [0.3, 0.4) is 0 Å². The molecule has 0 atom stereocenters. The lowest BCUT2D eigenvalue weighted by Gasteiger charge is -2.26. The summed E-state index contributed by atoms with van der Waals surface area (Å²) in [6.45, 7) is 5.56. The highest BCUT2D eigenvalue weighted by Gasteiger charge is 2.24. The van der Waals surface area contributed by atoms with Crippen molar-refractivity contribution in [3.05, 3.63) is 46.2 Å². The van der Waals surface area contributed by atoms with Crippen molar-refractivity contribution in [1.29, 1.82) is 0 Å². The summed E-state index contributed by atoms with van der Waals surface area (Å²) in [4.78, 5) is 32.8. The van der Waals surface area contributed by atoms with Crippen LogP contribution in [0.2, 0.25) is 0 Å². The third-order valence-corrected chi connectivity index (χ3v) is 5.30. The molecule has 1 aromatic heterocycles. The maximum absolute atomic E-state index is 13.8. The Morgan fingerprint density at radius 3 is 2.67 bits per heavy atom. The number of nitrogens with one attached hydrogen (secondary N) is 1. The van der Waals surface area contributed by atoms with E-state index >= 15 is 0 Å². The zero-order valence-corrected chi connectivity index (χ0v) is 16.3. The molecule has 3 amide bonds. The predicted octanol–water partition coefficient (Wildman–Crippen LogP) is 3.96. The number of urea groups is 1. The van der Waals surface area contributed by atoms with Gasteiger partial charge in [-0.25, -0.2) is 14.2 Å². The molecule has 6 nitrogen and oxygen atoms in total. The molecule has 1 aliphatic heterocycles. The van der Waals surface area contributed by atoms with Crippen LogP contribution in [0.15, 0.2) is 29.6 Å². The van der Waals surface area contributed by atoms with Crippen molar-refractivity contribution >= 4 is 29.0 Å². The first-order valence-corrected chi connectivity index (χ1v) is 9.89. The van der Waals surface area contributed by atoms with E-state index in [2.05, 4.69) is 10.3 Å². The summed E-state index contributed by atoms with van der Waals surface area (Å²) in [6, 6.07) is 5.53. The van der Waals surface area contributed by atoms with Gasteiger partial charge in [0.25, 0.3) is 5.91 Å². The number of likely N-dealkylation sites (tertiary alicyclic amines) is 1. The zero-order chi connectivity index (χ0) is 19.4. The van der Waals surface area contributed by atoms with Crippen molar-refractivity contribution in [2.75, 3.05) is 18.4 Å². The van der Waals surface area contributed by atoms with Gasteiger partial charge in [0.2, 0.25) is 0 Å². The van der Waals surface area contributed by atoms with Gasteiger partial charge < -0.3 is 15.1 Å². The van der Waals surface area contributed by atoms with Crippen molar-refractivity contribution in [3.8, 4) is 0 Å². The number of carbonyl (C=O) groups is 2. The first-order valence-electron chi connectivity index (χ1n) is 9.01. The van der Waals surface area contributed by atoms with E-state index in [9.17, 15) is 14.0 Å². The molecule has 0 radical (unpaired) electrons. The van der Waals surface area contributed by atoms with Crippen LogP contribution in [0.5, 0.6) is 0 Å². The molecule has 1 saturated heterocycles. The highest BCUT2D eigenvalue weighted by atomic mass is 32.1. The largest absolute Gasteiger partial charge is 0.337 e. The van der Waals surface area contributed by atoms with Crippen molar-refractivity contribution in [1.82, 2.24) is 14.8 Å². The third kappa shape index (κ3) is 4.63. The Labute approximate surface area is 162 Å². The first kappa shape index (κ1) is 19.3. The number of rotatable bonds is 5. The van der Waals surface area contributed by atoms with Gasteiger partial charge in [-0.3, -0.25) is 4.79 Å². The topological polar surface area (TPSA) is 65.5 Å². The second-order valence-electron chi connectivity index (χ2n) is 6.76. The molecule has 8 heteroatoms. The standard InChI is InChI=1S/C19H23FN4O2S/c1-13(2)24(19(26)22-15-8-4-3-7-14(15)20)11-17-21-16(12-27-17)18(25)23-9-5-6-10-23/h3-4,7-8,12-13H,5-6,9-11H2,1-2H3,(H,22,26). The van der Waals surface area contributed by atoms with Crippen LogP contribution in [0, 0.1) is 5.82 Å². The summed E-state index contributed by atoms with van der Waals surface area (Å²) in [5.74, 6) is -0.538. The number of nitrogens with zero attached hydrogens (tertiary/aromatic N) is 3. The minimum Gasteiger partial charge on any atom is -0.337 e.